The second-order valence-electron chi connectivity index (χ2n) is 16.6. The van der Waals surface area contributed by atoms with Crippen LogP contribution in [0.25, 0.3) is 83.9 Å². The Labute approximate surface area is 366 Å². The number of hydrogen-bond acceptors (Lipinski definition) is 4. The molecule has 12 rings (SSSR count). The normalized spacial score (nSPS) is 16.4. The van der Waals surface area contributed by atoms with Crippen LogP contribution in [0.4, 0.5) is 11.4 Å². The van der Waals surface area contributed by atoms with E-state index in [1.165, 1.54) is 27.6 Å². The molecular formula is C58H41N5. The highest BCUT2D eigenvalue weighted by molar-refractivity contribution is 6.10. The van der Waals surface area contributed by atoms with Crippen molar-refractivity contribution in [3.63, 3.8) is 0 Å². The first-order valence-electron chi connectivity index (χ1n) is 21.6. The van der Waals surface area contributed by atoms with Crippen molar-refractivity contribution in [2.45, 2.75) is 18.4 Å². The molecule has 8 aromatic carbocycles. The lowest BCUT2D eigenvalue weighted by atomic mass is 9.80. The Morgan fingerprint density at radius 2 is 1.00 bits per heavy atom. The van der Waals surface area contributed by atoms with Crippen molar-refractivity contribution in [2.75, 3.05) is 4.90 Å². The van der Waals surface area contributed by atoms with Crippen LogP contribution >= 0.6 is 0 Å². The van der Waals surface area contributed by atoms with Gasteiger partial charge in [0.1, 0.15) is 0 Å². The molecule has 1 aliphatic carbocycles. The fraction of sp³-hybridized carbons (Fsp3) is 0.0517. The fourth-order valence-corrected chi connectivity index (χ4v) is 9.94. The Balaban J connectivity index is 1.09. The van der Waals surface area contributed by atoms with Gasteiger partial charge in [0.05, 0.1) is 27.9 Å². The Kier molecular flexibility index (Phi) is 8.61. The van der Waals surface area contributed by atoms with Crippen LogP contribution < -0.4 is 4.90 Å². The van der Waals surface area contributed by atoms with Crippen molar-refractivity contribution in [1.29, 1.82) is 0 Å². The number of aromatic nitrogens is 4. The van der Waals surface area contributed by atoms with Crippen LogP contribution in [0.1, 0.15) is 18.4 Å². The summed E-state index contributed by atoms with van der Waals surface area (Å²) in [6.45, 7) is 2.33. The molecule has 5 heteroatoms. The summed E-state index contributed by atoms with van der Waals surface area (Å²) in [5.74, 6) is 2.05. The highest BCUT2D eigenvalue weighted by Gasteiger charge is 2.47. The molecule has 0 bridgehead atoms. The number of para-hydroxylation sites is 4. The summed E-state index contributed by atoms with van der Waals surface area (Å²) in [6.07, 6.45) is 8.99. The summed E-state index contributed by atoms with van der Waals surface area (Å²) in [4.78, 5) is 18.4. The summed E-state index contributed by atoms with van der Waals surface area (Å²) >= 11 is 0. The molecule has 10 aromatic rings. The molecule has 0 N–H and O–H groups in total. The van der Waals surface area contributed by atoms with Crippen molar-refractivity contribution in [3.05, 3.63) is 230 Å². The minimum atomic E-state index is -0.321. The number of rotatable bonds is 7. The monoisotopic (exact) mass is 807 g/mol. The third-order valence-corrected chi connectivity index (χ3v) is 12.9. The van der Waals surface area contributed by atoms with Crippen LogP contribution in [0.3, 0.4) is 0 Å². The molecule has 0 radical (unpaired) electrons. The van der Waals surface area contributed by atoms with Crippen molar-refractivity contribution in [1.82, 2.24) is 19.5 Å². The summed E-state index contributed by atoms with van der Waals surface area (Å²) in [7, 11) is 0. The quantitative estimate of drug-likeness (QED) is 0.161. The van der Waals surface area contributed by atoms with E-state index in [2.05, 4.69) is 223 Å². The number of fused-ring (bicyclic) bond motifs is 6. The van der Waals surface area contributed by atoms with Gasteiger partial charge in [-0.3, -0.25) is 0 Å². The smallest absolute Gasteiger partial charge is 0.166 e. The average molecular weight is 808 g/mol. The van der Waals surface area contributed by atoms with Crippen LogP contribution in [0, 0.1) is 0 Å². The van der Waals surface area contributed by atoms with Gasteiger partial charge >= 0.3 is 0 Å². The third kappa shape index (κ3) is 6.04. The van der Waals surface area contributed by atoms with Crippen LogP contribution in [0.15, 0.2) is 224 Å². The molecular weight excluding hydrogens is 767 g/mol. The lowest BCUT2D eigenvalue weighted by molar-refractivity contribution is 0.542. The van der Waals surface area contributed by atoms with E-state index in [4.69, 9.17) is 15.0 Å². The van der Waals surface area contributed by atoms with Gasteiger partial charge in [-0.2, -0.15) is 0 Å². The molecule has 0 spiro atoms. The van der Waals surface area contributed by atoms with E-state index in [0.29, 0.717) is 17.5 Å². The first-order chi connectivity index (χ1) is 31.1. The van der Waals surface area contributed by atoms with Crippen molar-refractivity contribution < 1.29 is 0 Å². The predicted molar refractivity (Wildman–Crippen MR) is 259 cm³/mol. The first-order valence-corrected chi connectivity index (χ1v) is 21.6. The number of anilines is 2. The molecule has 0 amide bonds. The predicted octanol–water partition coefficient (Wildman–Crippen LogP) is 14.4. The fourth-order valence-electron chi connectivity index (χ4n) is 9.94. The highest BCUT2D eigenvalue weighted by atomic mass is 15.2. The molecule has 0 fully saturated rings. The summed E-state index contributed by atoms with van der Waals surface area (Å²) in [5, 5.41) is 2.44. The van der Waals surface area contributed by atoms with E-state index in [1.807, 2.05) is 18.2 Å². The van der Waals surface area contributed by atoms with Crippen LogP contribution in [-0.2, 0) is 0 Å². The van der Waals surface area contributed by atoms with Gasteiger partial charge < -0.3 is 9.47 Å². The topological polar surface area (TPSA) is 46.8 Å². The zero-order chi connectivity index (χ0) is 41.9. The molecule has 2 aliphatic rings. The Bertz CT molecular complexity index is 3380. The van der Waals surface area contributed by atoms with Gasteiger partial charge in [0.25, 0.3) is 0 Å². The Hall–Kier alpha value is -8.15. The van der Waals surface area contributed by atoms with E-state index in [1.54, 1.807) is 0 Å². The van der Waals surface area contributed by atoms with Gasteiger partial charge in [0, 0.05) is 44.6 Å². The van der Waals surface area contributed by atoms with E-state index in [-0.39, 0.29) is 11.5 Å². The third-order valence-electron chi connectivity index (χ3n) is 12.9. The molecule has 3 heterocycles. The summed E-state index contributed by atoms with van der Waals surface area (Å²) < 4.78 is 2.40. The van der Waals surface area contributed by atoms with Gasteiger partial charge in [-0.05, 0) is 83.8 Å². The molecule has 2 aromatic heterocycles. The summed E-state index contributed by atoms with van der Waals surface area (Å²) in [6, 6.07) is 71.1. The first kappa shape index (κ1) is 36.7. The van der Waals surface area contributed by atoms with Crippen LogP contribution in [0.2, 0.25) is 0 Å². The van der Waals surface area contributed by atoms with Crippen LogP contribution in [0.5, 0.6) is 0 Å². The zero-order valence-electron chi connectivity index (χ0n) is 34.7. The van der Waals surface area contributed by atoms with Gasteiger partial charge in [0.2, 0.25) is 0 Å². The maximum Gasteiger partial charge on any atom is 0.166 e. The lowest BCUT2D eigenvalue weighted by Crippen LogP contribution is -2.42. The number of nitrogens with zero attached hydrogens (tertiary/aromatic N) is 5. The second-order valence-corrected chi connectivity index (χ2v) is 16.6. The second kappa shape index (κ2) is 14.8. The largest absolute Gasteiger partial charge is 0.330 e. The van der Waals surface area contributed by atoms with Gasteiger partial charge in [0.15, 0.2) is 17.5 Å². The molecule has 2 atom stereocenters. The van der Waals surface area contributed by atoms with Crippen molar-refractivity contribution in [2.24, 2.45) is 0 Å². The SMILES string of the molecule is CC12C=CC=CC1c1ccccc1N2c1ccccc1-c1nc(-c2ccccc2)nc(-c2ccc(-n3c4ccccc4c4ccccc43)c(-c3cccc(-c4ccccc4)c3)c2)n1. The van der Waals surface area contributed by atoms with Gasteiger partial charge in [-0.25, -0.2) is 15.0 Å². The van der Waals surface area contributed by atoms with E-state index in [9.17, 15) is 0 Å². The minimum Gasteiger partial charge on any atom is -0.330 e. The molecule has 1 aliphatic heterocycles. The number of allylic oxidation sites excluding steroid dienone is 2. The van der Waals surface area contributed by atoms with Crippen LogP contribution in [-0.4, -0.2) is 25.1 Å². The van der Waals surface area contributed by atoms with E-state index < -0.39 is 0 Å². The maximum atomic E-state index is 5.42. The standard InChI is InChI=1S/C58H41N5/c1-58-36-17-16-29-49(58)46-27-10-14-32-53(46)63(58)54-33-15-11-28-47(54)57-60-55(40-21-6-3-7-22-40)59-56(61-57)43-34-35-52(62-50-30-12-8-25-44(50)45-26-9-13-31-51(45)62)48(38-43)42-24-18-23-41(37-42)39-19-4-2-5-20-39/h2-38,49H,1H3. The molecule has 63 heavy (non-hydrogen) atoms. The minimum absolute atomic E-state index is 0.201. The van der Waals surface area contributed by atoms with E-state index in [0.717, 1.165) is 55.8 Å². The molecule has 5 nitrogen and oxygen atoms in total. The number of hydrogen-bond donors (Lipinski definition) is 0. The zero-order valence-corrected chi connectivity index (χ0v) is 34.7. The number of benzene rings is 8. The van der Waals surface area contributed by atoms with Gasteiger partial charge in [-0.1, -0.05) is 170 Å². The molecule has 0 saturated heterocycles. The lowest BCUT2D eigenvalue weighted by Gasteiger charge is -2.40. The Morgan fingerprint density at radius 3 is 1.76 bits per heavy atom. The summed E-state index contributed by atoms with van der Waals surface area (Å²) in [5.41, 5.74) is 13.9. The highest BCUT2D eigenvalue weighted by Crippen LogP contribution is 2.55. The van der Waals surface area contributed by atoms with Crippen molar-refractivity contribution in [3.8, 4) is 62.1 Å². The van der Waals surface area contributed by atoms with Gasteiger partial charge in [-0.15, -0.1) is 0 Å². The Morgan fingerprint density at radius 1 is 0.413 bits per heavy atom. The average Bonchev–Trinajstić information content (AvgIpc) is 3.83. The molecule has 298 valence electrons. The maximum absolute atomic E-state index is 5.42. The van der Waals surface area contributed by atoms with E-state index >= 15 is 0 Å². The molecule has 0 saturated carbocycles. The van der Waals surface area contributed by atoms with Crippen molar-refractivity contribution >= 4 is 33.2 Å². The molecule has 2 unspecified atom stereocenters.